The highest BCUT2D eigenvalue weighted by molar-refractivity contribution is 5.92. The molecule has 0 saturated carbocycles. The second kappa shape index (κ2) is 6.93. The maximum absolute atomic E-state index is 12.1. The van der Waals surface area contributed by atoms with Gasteiger partial charge in [-0.2, -0.15) is 0 Å². The minimum Gasteiger partial charge on any atom is -0.461 e. The van der Waals surface area contributed by atoms with Gasteiger partial charge in [-0.05, 0) is 36.2 Å². The van der Waals surface area contributed by atoms with E-state index in [1.807, 2.05) is 0 Å². The van der Waals surface area contributed by atoms with Crippen molar-refractivity contribution in [2.24, 2.45) is 0 Å². The summed E-state index contributed by atoms with van der Waals surface area (Å²) < 4.78 is 20.8. The van der Waals surface area contributed by atoms with Gasteiger partial charge in [0.1, 0.15) is 0 Å². The average Bonchev–Trinajstić information content (AvgIpc) is 3.41. The zero-order valence-electron chi connectivity index (χ0n) is 13.7. The van der Waals surface area contributed by atoms with Crippen LogP contribution >= 0.6 is 0 Å². The van der Waals surface area contributed by atoms with Gasteiger partial charge in [0.15, 0.2) is 23.0 Å². The zero-order chi connectivity index (χ0) is 17.9. The number of nitrogens with one attached hydrogen (secondary N) is 1. The number of carbonyl (C=O) groups is 1. The van der Waals surface area contributed by atoms with Crippen LogP contribution in [-0.4, -0.2) is 29.5 Å². The molecule has 0 radical (unpaired) electrons. The van der Waals surface area contributed by atoms with Gasteiger partial charge in [0.25, 0.3) is 5.91 Å². The van der Waals surface area contributed by atoms with Crippen LogP contribution in [0.4, 0.5) is 0 Å². The number of amides is 1. The highest BCUT2D eigenvalue weighted by atomic mass is 16.7. The topological polar surface area (TPSA) is 107 Å². The minimum absolute atomic E-state index is 0.147. The Morgan fingerprint density at radius 3 is 2.92 bits per heavy atom. The lowest BCUT2D eigenvalue weighted by molar-refractivity contribution is 0.0933. The fraction of sp³-hybridized carbons (Fsp3) is 0.222. The third kappa shape index (κ3) is 3.27. The highest BCUT2D eigenvalue weighted by Crippen LogP contribution is 2.34. The number of furan rings is 1. The van der Waals surface area contributed by atoms with Crippen molar-refractivity contribution in [2.45, 2.75) is 12.5 Å². The first kappa shape index (κ1) is 16.2. The lowest BCUT2D eigenvalue weighted by atomic mass is 10.1. The summed E-state index contributed by atoms with van der Waals surface area (Å²) in [4.78, 5) is 12.1. The van der Waals surface area contributed by atoms with Crippen molar-refractivity contribution in [2.75, 3.05) is 13.3 Å². The Hall–Kier alpha value is -3.26. The Kier molecular flexibility index (Phi) is 4.32. The van der Waals surface area contributed by atoms with E-state index in [9.17, 15) is 9.90 Å². The van der Waals surface area contributed by atoms with E-state index in [0.717, 1.165) is 0 Å². The van der Waals surface area contributed by atoms with Gasteiger partial charge in [0, 0.05) is 12.6 Å². The Bertz CT molecular complexity index is 902. The molecule has 1 amide bonds. The van der Waals surface area contributed by atoms with Gasteiger partial charge in [0.05, 0.1) is 12.4 Å². The number of benzene rings is 1. The van der Waals surface area contributed by atoms with Crippen LogP contribution in [0.1, 0.15) is 28.6 Å². The molecule has 0 spiro atoms. The van der Waals surface area contributed by atoms with E-state index in [4.69, 9.17) is 18.4 Å². The summed E-state index contributed by atoms with van der Waals surface area (Å²) in [5, 5.41) is 16.7. The second-order valence-corrected chi connectivity index (χ2v) is 5.73. The molecule has 1 atom stereocenters. The van der Waals surface area contributed by atoms with Gasteiger partial charge in [-0.15, -0.1) is 0 Å². The molecule has 1 aromatic carbocycles. The summed E-state index contributed by atoms with van der Waals surface area (Å²) in [5.41, 5.74) is 0.846. The number of aliphatic hydroxyl groups excluding tert-OH is 1. The molecule has 3 heterocycles. The molecule has 1 aliphatic rings. The molecule has 1 aliphatic heterocycles. The Morgan fingerprint density at radius 2 is 2.08 bits per heavy atom. The number of aromatic nitrogens is 1. The first-order valence-electron chi connectivity index (χ1n) is 8.07. The Balaban J connectivity index is 1.31. The first-order valence-corrected chi connectivity index (χ1v) is 8.07. The largest absolute Gasteiger partial charge is 0.461 e. The molecule has 0 aliphatic carbocycles. The Morgan fingerprint density at radius 1 is 1.19 bits per heavy atom. The van der Waals surface area contributed by atoms with Crippen molar-refractivity contribution < 1.29 is 28.3 Å². The van der Waals surface area contributed by atoms with Crippen molar-refractivity contribution in [1.82, 2.24) is 10.5 Å². The lowest BCUT2D eigenvalue weighted by Crippen LogP contribution is -2.25. The van der Waals surface area contributed by atoms with Gasteiger partial charge in [-0.25, -0.2) is 0 Å². The van der Waals surface area contributed by atoms with Crippen molar-refractivity contribution in [1.29, 1.82) is 0 Å². The molecular formula is C18H16N2O6. The van der Waals surface area contributed by atoms with Gasteiger partial charge < -0.3 is 28.8 Å². The molecule has 1 unspecified atom stereocenters. The molecule has 2 aromatic heterocycles. The summed E-state index contributed by atoms with van der Waals surface area (Å²) in [6.07, 6.45) is 1.12. The fourth-order valence-electron chi connectivity index (χ4n) is 2.62. The van der Waals surface area contributed by atoms with E-state index in [2.05, 4.69) is 10.5 Å². The van der Waals surface area contributed by atoms with E-state index in [0.29, 0.717) is 35.0 Å². The monoisotopic (exact) mass is 356 g/mol. The first-order chi connectivity index (χ1) is 12.7. The van der Waals surface area contributed by atoms with E-state index in [1.54, 1.807) is 30.3 Å². The van der Waals surface area contributed by atoms with E-state index >= 15 is 0 Å². The average molecular weight is 356 g/mol. The molecule has 2 N–H and O–H groups in total. The second-order valence-electron chi connectivity index (χ2n) is 5.73. The van der Waals surface area contributed by atoms with Crippen LogP contribution < -0.4 is 14.8 Å². The molecule has 0 saturated heterocycles. The third-order valence-corrected chi connectivity index (χ3v) is 3.99. The number of hydrogen-bond donors (Lipinski definition) is 2. The van der Waals surface area contributed by atoms with Crippen LogP contribution in [0.15, 0.2) is 51.6 Å². The van der Waals surface area contributed by atoms with E-state index in [1.165, 1.54) is 12.3 Å². The summed E-state index contributed by atoms with van der Waals surface area (Å²) in [6.45, 7) is 0.458. The minimum atomic E-state index is -0.735. The number of carbonyl (C=O) groups excluding carboxylic acids is 1. The molecule has 26 heavy (non-hydrogen) atoms. The molecule has 8 heteroatoms. The number of fused-ring (bicyclic) bond motifs is 1. The zero-order valence-corrected chi connectivity index (χ0v) is 13.7. The standard InChI is InChI=1S/C18H16N2O6/c21-13(11-3-4-15-16(8-11)25-10-24-15)5-6-19-18(22)12-9-17(26-20-12)14-2-1-7-23-14/h1-4,7-9,13,21H,5-6,10H2,(H,19,22). The highest BCUT2D eigenvalue weighted by Gasteiger charge is 2.18. The number of rotatable bonds is 6. The number of nitrogens with zero attached hydrogens (tertiary/aromatic N) is 1. The SMILES string of the molecule is O=C(NCCC(O)c1ccc2c(c1)OCO2)c1cc(-c2ccco2)on1. The molecule has 4 rings (SSSR count). The quantitative estimate of drug-likeness (QED) is 0.699. The summed E-state index contributed by atoms with van der Waals surface area (Å²) in [5.74, 6) is 1.76. The maximum atomic E-state index is 12.1. The molecule has 3 aromatic rings. The smallest absolute Gasteiger partial charge is 0.273 e. The molecule has 134 valence electrons. The van der Waals surface area contributed by atoms with Gasteiger partial charge in [-0.3, -0.25) is 4.79 Å². The molecule has 0 bridgehead atoms. The summed E-state index contributed by atoms with van der Waals surface area (Å²) in [7, 11) is 0. The van der Waals surface area contributed by atoms with E-state index in [-0.39, 0.29) is 24.9 Å². The molecule has 8 nitrogen and oxygen atoms in total. The summed E-state index contributed by atoms with van der Waals surface area (Å²) >= 11 is 0. The van der Waals surface area contributed by atoms with Gasteiger partial charge in [0.2, 0.25) is 12.6 Å². The molecular weight excluding hydrogens is 340 g/mol. The van der Waals surface area contributed by atoms with Crippen molar-refractivity contribution in [3.63, 3.8) is 0 Å². The van der Waals surface area contributed by atoms with Crippen molar-refractivity contribution >= 4 is 5.91 Å². The summed E-state index contributed by atoms with van der Waals surface area (Å²) in [6, 6.07) is 10.2. The van der Waals surface area contributed by atoms with Gasteiger partial charge >= 0.3 is 0 Å². The van der Waals surface area contributed by atoms with Crippen LogP contribution in [-0.2, 0) is 0 Å². The molecule has 0 fully saturated rings. The normalized spacial score (nSPS) is 13.6. The van der Waals surface area contributed by atoms with Crippen LogP contribution in [0.25, 0.3) is 11.5 Å². The van der Waals surface area contributed by atoms with Crippen molar-refractivity contribution in [3.05, 3.63) is 53.9 Å². The van der Waals surface area contributed by atoms with Crippen LogP contribution in [0.5, 0.6) is 11.5 Å². The maximum Gasteiger partial charge on any atom is 0.273 e. The number of hydrogen-bond acceptors (Lipinski definition) is 7. The van der Waals surface area contributed by atoms with E-state index < -0.39 is 6.10 Å². The van der Waals surface area contributed by atoms with Gasteiger partial charge in [-0.1, -0.05) is 11.2 Å². The lowest BCUT2D eigenvalue weighted by Gasteiger charge is -2.11. The van der Waals surface area contributed by atoms with Crippen LogP contribution in [0.3, 0.4) is 0 Å². The van der Waals surface area contributed by atoms with Crippen LogP contribution in [0.2, 0.25) is 0 Å². The van der Waals surface area contributed by atoms with Crippen molar-refractivity contribution in [3.8, 4) is 23.0 Å². The predicted octanol–water partition coefficient (Wildman–Crippen LogP) is 2.52. The fourth-order valence-corrected chi connectivity index (χ4v) is 2.62. The predicted molar refractivity (Wildman–Crippen MR) is 88.7 cm³/mol. The third-order valence-electron chi connectivity index (χ3n) is 3.99. The Labute approximate surface area is 148 Å². The number of aliphatic hydroxyl groups is 1. The number of ether oxygens (including phenoxy) is 2. The van der Waals surface area contributed by atoms with Crippen LogP contribution in [0, 0.1) is 0 Å².